The van der Waals surface area contributed by atoms with E-state index in [4.69, 9.17) is 9.47 Å². The molecule has 2 fully saturated rings. The van der Waals surface area contributed by atoms with E-state index in [2.05, 4.69) is 17.3 Å². The van der Waals surface area contributed by atoms with Crippen molar-refractivity contribution in [2.75, 3.05) is 39.9 Å². The number of rotatable bonds is 3. The zero-order valence-corrected chi connectivity index (χ0v) is 11.4. The number of hydrogen-bond donors (Lipinski definition) is 1. The molecule has 0 saturated carbocycles. The molecule has 2 rings (SSSR count). The fourth-order valence-corrected chi connectivity index (χ4v) is 2.58. The summed E-state index contributed by atoms with van der Waals surface area (Å²) in [6.45, 7) is 9.01. The fourth-order valence-electron chi connectivity index (χ4n) is 2.58. The first-order valence-electron chi connectivity index (χ1n) is 6.75. The molecule has 0 bridgehead atoms. The summed E-state index contributed by atoms with van der Waals surface area (Å²) < 4.78 is 11.3. The van der Waals surface area contributed by atoms with Crippen molar-refractivity contribution < 1.29 is 9.47 Å². The normalized spacial score (nSPS) is 31.6. The van der Waals surface area contributed by atoms with Crippen molar-refractivity contribution in [2.24, 2.45) is 5.92 Å². The predicted molar refractivity (Wildman–Crippen MR) is 68.0 cm³/mol. The Morgan fingerprint density at radius 1 is 1.29 bits per heavy atom. The zero-order valence-electron chi connectivity index (χ0n) is 11.4. The summed E-state index contributed by atoms with van der Waals surface area (Å²) in [6.07, 6.45) is 2.67. The Labute approximate surface area is 105 Å². The van der Waals surface area contributed by atoms with E-state index in [1.54, 1.807) is 0 Å². The molecule has 0 aromatic carbocycles. The lowest BCUT2D eigenvalue weighted by Gasteiger charge is -2.36. The van der Waals surface area contributed by atoms with Crippen LogP contribution in [0.2, 0.25) is 0 Å². The van der Waals surface area contributed by atoms with E-state index in [0.29, 0.717) is 6.04 Å². The van der Waals surface area contributed by atoms with E-state index in [0.717, 1.165) is 25.7 Å². The lowest BCUT2D eigenvalue weighted by molar-refractivity contribution is -0.253. The molecule has 2 saturated heterocycles. The SMILES string of the molecule is CN1CCCC(CNC2COC(C)(C)OC2)C1. The zero-order chi connectivity index (χ0) is 12.3. The third kappa shape index (κ3) is 4.21. The van der Waals surface area contributed by atoms with Gasteiger partial charge in [-0.05, 0) is 52.7 Å². The van der Waals surface area contributed by atoms with Gasteiger partial charge in [-0.2, -0.15) is 0 Å². The molecule has 4 nitrogen and oxygen atoms in total. The first-order chi connectivity index (χ1) is 8.05. The highest BCUT2D eigenvalue weighted by Gasteiger charge is 2.28. The Kier molecular flexibility index (Phi) is 4.42. The standard InChI is InChI=1S/C13H26N2O2/c1-13(2)16-9-12(10-17-13)14-7-11-5-4-6-15(3)8-11/h11-12,14H,4-10H2,1-3H3. The van der Waals surface area contributed by atoms with Crippen LogP contribution in [0, 0.1) is 5.92 Å². The van der Waals surface area contributed by atoms with Gasteiger partial charge in [0.2, 0.25) is 0 Å². The summed E-state index contributed by atoms with van der Waals surface area (Å²) in [7, 11) is 2.21. The fraction of sp³-hybridized carbons (Fsp3) is 1.00. The molecule has 0 aromatic rings. The van der Waals surface area contributed by atoms with Gasteiger partial charge in [0.15, 0.2) is 5.79 Å². The number of ether oxygens (including phenoxy) is 2. The van der Waals surface area contributed by atoms with E-state index in [9.17, 15) is 0 Å². The van der Waals surface area contributed by atoms with E-state index in [1.165, 1.54) is 25.9 Å². The van der Waals surface area contributed by atoms with E-state index >= 15 is 0 Å². The van der Waals surface area contributed by atoms with Crippen LogP contribution in [0.5, 0.6) is 0 Å². The third-order valence-corrected chi connectivity index (χ3v) is 3.68. The van der Waals surface area contributed by atoms with Crippen molar-refractivity contribution in [3.8, 4) is 0 Å². The van der Waals surface area contributed by atoms with Crippen molar-refractivity contribution in [1.82, 2.24) is 10.2 Å². The van der Waals surface area contributed by atoms with E-state index < -0.39 is 5.79 Å². The number of hydrogen-bond acceptors (Lipinski definition) is 4. The summed E-state index contributed by atoms with van der Waals surface area (Å²) in [5.74, 6) is 0.382. The van der Waals surface area contributed by atoms with E-state index in [1.807, 2.05) is 13.8 Å². The average Bonchev–Trinajstić information content (AvgIpc) is 2.28. The van der Waals surface area contributed by atoms with Gasteiger partial charge in [-0.25, -0.2) is 0 Å². The van der Waals surface area contributed by atoms with Crippen molar-refractivity contribution >= 4 is 0 Å². The smallest absolute Gasteiger partial charge is 0.162 e. The Morgan fingerprint density at radius 3 is 2.65 bits per heavy atom. The Hall–Kier alpha value is -0.160. The van der Waals surface area contributed by atoms with E-state index in [-0.39, 0.29) is 0 Å². The molecule has 1 unspecified atom stereocenters. The number of piperidine rings is 1. The first-order valence-corrected chi connectivity index (χ1v) is 6.75. The van der Waals surface area contributed by atoms with Crippen molar-refractivity contribution in [1.29, 1.82) is 0 Å². The van der Waals surface area contributed by atoms with Gasteiger partial charge < -0.3 is 19.7 Å². The molecule has 0 amide bonds. The maximum atomic E-state index is 5.64. The van der Waals surface area contributed by atoms with Gasteiger partial charge in [0.1, 0.15) is 0 Å². The topological polar surface area (TPSA) is 33.7 Å². The van der Waals surface area contributed by atoms with Crippen LogP contribution in [-0.2, 0) is 9.47 Å². The molecule has 4 heteroatoms. The highest BCUT2D eigenvalue weighted by molar-refractivity contribution is 4.77. The third-order valence-electron chi connectivity index (χ3n) is 3.68. The lowest BCUT2D eigenvalue weighted by atomic mass is 9.98. The van der Waals surface area contributed by atoms with Crippen LogP contribution in [-0.4, -0.2) is 56.6 Å². The van der Waals surface area contributed by atoms with Crippen LogP contribution in [0.1, 0.15) is 26.7 Å². The Bertz CT molecular complexity index is 236. The summed E-state index contributed by atoms with van der Waals surface area (Å²) in [4.78, 5) is 2.42. The molecule has 2 aliphatic rings. The first kappa shape index (κ1) is 13.3. The number of nitrogens with one attached hydrogen (secondary N) is 1. The van der Waals surface area contributed by atoms with Crippen LogP contribution in [0.3, 0.4) is 0 Å². The van der Waals surface area contributed by atoms with Gasteiger partial charge in [-0.15, -0.1) is 0 Å². The second-order valence-electron chi connectivity index (χ2n) is 5.90. The molecule has 1 N–H and O–H groups in total. The summed E-state index contributed by atoms with van der Waals surface area (Å²) >= 11 is 0. The summed E-state index contributed by atoms with van der Waals surface area (Å²) in [6, 6.07) is 0.357. The maximum absolute atomic E-state index is 5.64. The molecule has 1 atom stereocenters. The molecule has 0 aromatic heterocycles. The summed E-state index contributed by atoms with van der Waals surface area (Å²) in [5, 5.41) is 3.57. The second-order valence-corrected chi connectivity index (χ2v) is 5.90. The van der Waals surface area contributed by atoms with Crippen LogP contribution in [0.15, 0.2) is 0 Å². The number of nitrogens with zero attached hydrogens (tertiary/aromatic N) is 1. The number of likely N-dealkylation sites (tertiary alicyclic amines) is 1. The molecule has 2 aliphatic heterocycles. The predicted octanol–water partition coefficient (Wildman–Crippen LogP) is 1.07. The van der Waals surface area contributed by atoms with Crippen LogP contribution >= 0.6 is 0 Å². The highest BCUT2D eigenvalue weighted by Crippen LogP contribution is 2.18. The van der Waals surface area contributed by atoms with Gasteiger partial charge in [0.25, 0.3) is 0 Å². The summed E-state index contributed by atoms with van der Waals surface area (Å²) in [5.41, 5.74) is 0. The van der Waals surface area contributed by atoms with Gasteiger partial charge in [0, 0.05) is 6.54 Å². The molecule has 17 heavy (non-hydrogen) atoms. The average molecular weight is 242 g/mol. The molecular formula is C13H26N2O2. The van der Waals surface area contributed by atoms with Crippen LogP contribution in [0.4, 0.5) is 0 Å². The minimum Gasteiger partial charge on any atom is -0.349 e. The largest absolute Gasteiger partial charge is 0.349 e. The van der Waals surface area contributed by atoms with Crippen LogP contribution < -0.4 is 5.32 Å². The monoisotopic (exact) mass is 242 g/mol. The lowest BCUT2D eigenvalue weighted by Crippen LogP contribution is -2.50. The molecule has 0 radical (unpaired) electrons. The van der Waals surface area contributed by atoms with Crippen molar-refractivity contribution in [2.45, 2.75) is 38.5 Å². The minimum atomic E-state index is -0.400. The Morgan fingerprint density at radius 2 is 2.00 bits per heavy atom. The van der Waals surface area contributed by atoms with Gasteiger partial charge in [0.05, 0.1) is 19.3 Å². The van der Waals surface area contributed by atoms with Crippen molar-refractivity contribution in [3.05, 3.63) is 0 Å². The molecule has 0 aliphatic carbocycles. The molecule has 2 heterocycles. The molecule has 0 spiro atoms. The van der Waals surface area contributed by atoms with Crippen LogP contribution in [0.25, 0.3) is 0 Å². The second kappa shape index (κ2) is 5.65. The Balaban J connectivity index is 1.65. The van der Waals surface area contributed by atoms with Gasteiger partial charge in [-0.1, -0.05) is 0 Å². The minimum absolute atomic E-state index is 0.357. The van der Waals surface area contributed by atoms with Gasteiger partial charge in [-0.3, -0.25) is 0 Å². The van der Waals surface area contributed by atoms with Gasteiger partial charge >= 0.3 is 0 Å². The molecular weight excluding hydrogens is 216 g/mol. The quantitative estimate of drug-likeness (QED) is 0.802. The van der Waals surface area contributed by atoms with Crippen molar-refractivity contribution in [3.63, 3.8) is 0 Å². The highest BCUT2D eigenvalue weighted by atomic mass is 16.7. The molecule has 100 valence electrons. The maximum Gasteiger partial charge on any atom is 0.162 e.